The summed E-state index contributed by atoms with van der Waals surface area (Å²) in [4.78, 5) is 15.3. The number of hydrogen-bond donors (Lipinski definition) is 1. The number of carbonyl (C=O) groups is 1. The molecular weight excluding hydrogens is 316 g/mol. The first-order chi connectivity index (χ1) is 12.1. The highest BCUT2D eigenvalue weighted by molar-refractivity contribution is 5.85. The second-order valence-electron chi connectivity index (χ2n) is 7.24. The molecule has 4 rings (SSSR count). The Kier molecular flexibility index (Phi) is 3.93. The van der Waals surface area contributed by atoms with Crippen LogP contribution in [0.25, 0.3) is 10.9 Å². The number of esters is 1. The lowest BCUT2D eigenvalue weighted by atomic mass is 9.79. The number of piperidine rings is 1. The third-order valence-corrected chi connectivity index (χ3v) is 5.98. The third kappa shape index (κ3) is 2.58. The van der Waals surface area contributed by atoms with Gasteiger partial charge < -0.3 is 19.6 Å². The number of benzene rings is 1. The molecule has 0 aliphatic carbocycles. The second kappa shape index (κ2) is 6.00. The summed E-state index contributed by atoms with van der Waals surface area (Å²) in [6.07, 6.45) is 3.86. The van der Waals surface area contributed by atoms with Crippen LogP contribution in [0.1, 0.15) is 37.1 Å². The van der Waals surface area contributed by atoms with E-state index in [0.717, 1.165) is 23.2 Å². The summed E-state index contributed by atoms with van der Waals surface area (Å²) in [7, 11) is 1.42. The van der Waals surface area contributed by atoms with Gasteiger partial charge >= 0.3 is 5.97 Å². The van der Waals surface area contributed by atoms with Gasteiger partial charge in [0.25, 0.3) is 0 Å². The monoisotopic (exact) mass is 340 g/mol. The van der Waals surface area contributed by atoms with Crippen LogP contribution in [0.5, 0.6) is 0 Å². The van der Waals surface area contributed by atoms with Crippen LogP contribution in [0.2, 0.25) is 0 Å². The summed E-state index contributed by atoms with van der Waals surface area (Å²) in [6, 6.07) is 8.13. The molecule has 132 valence electrons. The van der Waals surface area contributed by atoms with E-state index in [1.54, 1.807) is 0 Å². The topological polar surface area (TPSA) is 65.1 Å². The summed E-state index contributed by atoms with van der Waals surface area (Å²) in [6.45, 7) is 3.03. The Morgan fingerprint density at radius 2 is 2.24 bits per heavy atom. The number of H-pyrrole nitrogens is 1. The van der Waals surface area contributed by atoms with Gasteiger partial charge in [0.2, 0.25) is 0 Å². The van der Waals surface area contributed by atoms with Crippen molar-refractivity contribution in [2.75, 3.05) is 20.2 Å². The van der Waals surface area contributed by atoms with Crippen molar-refractivity contribution in [1.29, 1.82) is 0 Å². The number of hydrogen-bond acceptors (Lipinski definition) is 3. The van der Waals surface area contributed by atoms with Gasteiger partial charge in [-0.25, -0.2) is 0 Å². The highest BCUT2D eigenvalue weighted by atomic mass is 16.5. The van der Waals surface area contributed by atoms with E-state index in [2.05, 4.69) is 17.1 Å². The molecule has 25 heavy (non-hydrogen) atoms. The fraction of sp³-hybridized carbons (Fsp3) is 0.450. The quantitative estimate of drug-likeness (QED) is 0.393. The van der Waals surface area contributed by atoms with E-state index in [9.17, 15) is 10.0 Å². The highest BCUT2D eigenvalue weighted by Crippen LogP contribution is 2.47. The Morgan fingerprint density at radius 1 is 1.44 bits per heavy atom. The number of nitrogens with one attached hydrogen (secondary N) is 1. The normalized spacial score (nSPS) is 30.1. The number of hydroxylamine groups is 3. The van der Waals surface area contributed by atoms with Crippen LogP contribution in [0.4, 0.5) is 0 Å². The number of fused-ring (bicyclic) bond motifs is 5. The molecule has 1 aromatic carbocycles. The fourth-order valence-electron chi connectivity index (χ4n) is 4.65. The molecule has 2 aromatic rings. The van der Waals surface area contributed by atoms with Crippen molar-refractivity contribution in [3.05, 3.63) is 52.4 Å². The molecule has 5 nitrogen and oxygen atoms in total. The molecule has 0 radical (unpaired) electrons. The van der Waals surface area contributed by atoms with Crippen molar-refractivity contribution in [2.24, 2.45) is 5.92 Å². The molecule has 2 aliphatic heterocycles. The molecule has 1 fully saturated rings. The van der Waals surface area contributed by atoms with E-state index in [1.807, 2.05) is 25.1 Å². The van der Waals surface area contributed by atoms with Gasteiger partial charge in [0.1, 0.15) is 12.6 Å². The number of ether oxygens (including phenoxy) is 1. The first-order valence-electron chi connectivity index (χ1n) is 8.95. The molecule has 0 saturated carbocycles. The molecule has 2 aliphatic rings. The van der Waals surface area contributed by atoms with Crippen LogP contribution in [0.3, 0.4) is 0 Å². The average molecular weight is 340 g/mol. The molecule has 1 N–H and O–H groups in total. The van der Waals surface area contributed by atoms with Crippen LogP contribution < -0.4 is 0 Å². The Bertz CT molecular complexity index is 854. The molecule has 0 amide bonds. The Labute approximate surface area is 147 Å². The van der Waals surface area contributed by atoms with Gasteiger partial charge in [-0.05, 0) is 24.1 Å². The number of nitrogens with zero attached hydrogens (tertiary/aromatic N) is 1. The number of aromatic nitrogens is 1. The number of aromatic amines is 1. The number of para-hydroxylation sites is 1. The largest absolute Gasteiger partial charge is 0.632 e. The minimum Gasteiger partial charge on any atom is -0.632 e. The zero-order valence-electron chi connectivity index (χ0n) is 14.7. The van der Waals surface area contributed by atoms with Crippen LogP contribution >= 0.6 is 0 Å². The lowest BCUT2D eigenvalue weighted by Crippen LogP contribution is -2.54. The molecular formula is C20H24N2O3. The van der Waals surface area contributed by atoms with E-state index in [4.69, 9.17) is 4.74 Å². The number of quaternary nitrogens is 1. The zero-order valence-corrected chi connectivity index (χ0v) is 14.7. The van der Waals surface area contributed by atoms with Gasteiger partial charge in [0.05, 0.1) is 25.8 Å². The molecule has 1 aromatic heterocycles. The van der Waals surface area contributed by atoms with Crippen molar-refractivity contribution in [3.63, 3.8) is 0 Å². The summed E-state index contributed by atoms with van der Waals surface area (Å²) in [5.41, 5.74) is 4.55. The molecule has 1 unspecified atom stereocenters. The molecule has 5 heteroatoms. The maximum Gasteiger partial charge on any atom is 0.306 e. The van der Waals surface area contributed by atoms with Crippen LogP contribution in [0, 0.1) is 11.1 Å². The zero-order chi connectivity index (χ0) is 17.6. The lowest BCUT2D eigenvalue weighted by Gasteiger charge is -2.55. The molecule has 3 heterocycles. The highest BCUT2D eigenvalue weighted by Gasteiger charge is 2.45. The van der Waals surface area contributed by atoms with Crippen molar-refractivity contribution >= 4 is 16.9 Å². The van der Waals surface area contributed by atoms with Gasteiger partial charge in [-0.2, -0.15) is 0 Å². The van der Waals surface area contributed by atoms with E-state index in [-0.39, 0.29) is 22.6 Å². The standard InChI is InChI=1S/C20H24N2O3/c1-3-13-12-22(24)9-8-16-15-6-4-5-7-17(15)21-20(16)18(22)10-14(13)11-19(23)25-2/h3-7,14,18,21H,8-12H2,1-2H3/b13-3-/t14-,18-,22?/m0/s1. The summed E-state index contributed by atoms with van der Waals surface area (Å²) >= 11 is 0. The Hall–Kier alpha value is -2.11. The SMILES string of the molecule is C/C=C1/C[N+]2([O-])CCc3c([nH]c4ccccc34)[C@@H]2C[C@H]1CC(=O)OC. The average Bonchev–Trinajstić information content (AvgIpc) is 3.00. The molecule has 0 spiro atoms. The van der Waals surface area contributed by atoms with Crippen molar-refractivity contribution in [1.82, 2.24) is 4.98 Å². The van der Waals surface area contributed by atoms with Gasteiger partial charge in [-0.1, -0.05) is 24.3 Å². The van der Waals surface area contributed by atoms with E-state index >= 15 is 0 Å². The van der Waals surface area contributed by atoms with E-state index < -0.39 is 0 Å². The predicted octanol–water partition coefficient (Wildman–Crippen LogP) is 3.61. The maximum atomic E-state index is 13.6. The minimum absolute atomic E-state index is 0.0833. The van der Waals surface area contributed by atoms with Gasteiger partial charge in [-0.3, -0.25) is 4.79 Å². The van der Waals surface area contributed by atoms with Gasteiger partial charge in [0, 0.05) is 29.7 Å². The minimum atomic E-state index is -0.211. The predicted molar refractivity (Wildman–Crippen MR) is 96.6 cm³/mol. The summed E-state index contributed by atoms with van der Waals surface area (Å²) in [5, 5.41) is 14.8. The maximum absolute atomic E-state index is 13.6. The Morgan fingerprint density at radius 3 is 3.00 bits per heavy atom. The van der Waals surface area contributed by atoms with Gasteiger partial charge in [0.15, 0.2) is 0 Å². The third-order valence-electron chi connectivity index (χ3n) is 5.98. The van der Waals surface area contributed by atoms with Crippen LogP contribution in [0.15, 0.2) is 35.9 Å². The van der Waals surface area contributed by atoms with Crippen LogP contribution in [-0.2, 0) is 16.0 Å². The van der Waals surface area contributed by atoms with Crippen molar-refractivity contribution < 1.29 is 14.2 Å². The van der Waals surface area contributed by atoms with E-state index in [1.165, 1.54) is 18.1 Å². The number of allylic oxidation sites excluding steroid dienone is 1. The van der Waals surface area contributed by atoms with Crippen molar-refractivity contribution in [3.8, 4) is 0 Å². The molecule has 3 atom stereocenters. The summed E-state index contributed by atoms with van der Waals surface area (Å²) in [5.74, 6) is -0.122. The smallest absolute Gasteiger partial charge is 0.306 e. The first kappa shape index (κ1) is 16.4. The number of carbonyl (C=O) groups excluding carboxylic acids is 1. The molecule has 0 bridgehead atoms. The second-order valence-corrected chi connectivity index (χ2v) is 7.24. The van der Waals surface area contributed by atoms with Crippen molar-refractivity contribution in [2.45, 2.75) is 32.2 Å². The number of rotatable bonds is 2. The fourth-order valence-corrected chi connectivity index (χ4v) is 4.65. The number of methoxy groups -OCH3 is 1. The van der Waals surface area contributed by atoms with Crippen LogP contribution in [-0.4, -0.2) is 35.8 Å². The Balaban J connectivity index is 1.75. The van der Waals surface area contributed by atoms with Gasteiger partial charge in [-0.15, -0.1) is 0 Å². The summed E-state index contributed by atoms with van der Waals surface area (Å²) < 4.78 is 4.66. The first-order valence-corrected chi connectivity index (χ1v) is 8.95. The van der Waals surface area contributed by atoms with E-state index in [0.29, 0.717) is 25.9 Å². The lowest BCUT2D eigenvalue weighted by molar-refractivity contribution is -0.914. The molecule has 1 saturated heterocycles.